The Morgan fingerprint density at radius 1 is 1.47 bits per heavy atom. The molecule has 1 fully saturated rings. The Balaban J connectivity index is 2.13. The van der Waals surface area contributed by atoms with E-state index in [0.29, 0.717) is 17.0 Å². The number of hydrogen-bond acceptors (Lipinski definition) is 3. The van der Waals surface area contributed by atoms with Gasteiger partial charge in [-0.3, -0.25) is 0 Å². The van der Waals surface area contributed by atoms with Crippen molar-refractivity contribution in [3.05, 3.63) is 29.7 Å². The van der Waals surface area contributed by atoms with E-state index in [1.54, 1.807) is 12.1 Å². The molecular weight excluding hydrogens is 194 g/mol. The number of benzene rings is 1. The highest BCUT2D eigenvalue weighted by molar-refractivity contribution is 5.91. The molecule has 1 aromatic heterocycles. The minimum Gasteiger partial charge on any atom is -0.478 e. The summed E-state index contributed by atoms with van der Waals surface area (Å²) in [5.41, 5.74) is 1.55. The molecule has 15 heavy (non-hydrogen) atoms. The lowest BCUT2D eigenvalue weighted by Crippen LogP contribution is -1.94. The van der Waals surface area contributed by atoms with Crippen molar-refractivity contribution < 1.29 is 14.3 Å². The summed E-state index contributed by atoms with van der Waals surface area (Å²) in [6.45, 7) is 0. The molecule has 1 aliphatic rings. The first-order valence-corrected chi connectivity index (χ1v) is 4.88. The van der Waals surface area contributed by atoms with Crippen LogP contribution in [0.2, 0.25) is 0 Å². The minimum atomic E-state index is -0.937. The minimum absolute atomic E-state index is 0.248. The molecular formula is C11H9NO3. The van der Waals surface area contributed by atoms with Crippen molar-refractivity contribution >= 4 is 17.1 Å². The predicted octanol–water partition coefficient (Wildman–Crippen LogP) is 2.40. The van der Waals surface area contributed by atoms with Crippen LogP contribution in [0.3, 0.4) is 0 Å². The van der Waals surface area contributed by atoms with Crippen LogP contribution in [0.5, 0.6) is 0 Å². The fraction of sp³-hybridized carbons (Fsp3) is 0.273. The highest BCUT2D eigenvalue weighted by atomic mass is 16.4. The summed E-state index contributed by atoms with van der Waals surface area (Å²) in [7, 11) is 0. The number of carboxylic acids is 1. The number of nitrogens with zero attached hydrogens (tertiary/aromatic N) is 1. The van der Waals surface area contributed by atoms with Gasteiger partial charge in [-0.2, -0.15) is 0 Å². The van der Waals surface area contributed by atoms with Crippen LogP contribution in [0.4, 0.5) is 0 Å². The van der Waals surface area contributed by atoms with Gasteiger partial charge in [0.2, 0.25) is 0 Å². The summed E-state index contributed by atoms with van der Waals surface area (Å²) in [5.74, 6) is 0.256. The van der Waals surface area contributed by atoms with E-state index in [-0.39, 0.29) is 5.56 Å². The van der Waals surface area contributed by atoms with E-state index < -0.39 is 5.97 Å². The molecule has 2 aromatic rings. The summed E-state index contributed by atoms with van der Waals surface area (Å²) in [4.78, 5) is 15.0. The highest BCUT2D eigenvalue weighted by Gasteiger charge is 2.28. The molecule has 1 N–H and O–H groups in total. The maximum absolute atomic E-state index is 10.7. The van der Waals surface area contributed by atoms with E-state index in [0.717, 1.165) is 18.7 Å². The van der Waals surface area contributed by atoms with Gasteiger partial charge >= 0.3 is 5.97 Å². The first-order valence-electron chi connectivity index (χ1n) is 4.88. The summed E-state index contributed by atoms with van der Waals surface area (Å²) in [6, 6.07) is 4.75. The number of rotatable bonds is 2. The maximum atomic E-state index is 10.7. The number of carboxylic acid groups (broad SMARTS) is 1. The molecule has 0 radical (unpaired) electrons. The molecule has 0 bridgehead atoms. The van der Waals surface area contributed by atoms with Crippen molar-refractivity contribution in [1.29, 1.82) is 0 Å². The van der Waals surface area contributed by atoms with E-state index in [1.165, 1.54) is 6.07 Å². The van der Waals surface area contributed by atoms with E-state index in [1.807, 2.05) is 0 Å². The third-order valence-electron chi connectivity index (χ3n) is 2.58. The smallest absolute Gasteiger partial charge is 0.335 e. The van der Waals surface area contributed by atoms with Crippen LogP contribution in [0, 0.1) is 0 Å². The number of oxazole rings is 1. The number of carbonyl (C=O) groups is 1. The molecule has 4 nitrogen and oxygen atoms in total. The van der Waals surface area contributed by atoms with E-state index >= 15 is 0 Å². The average molecular weight is 203 g/mol. The van der Waals surface area contributed by atoms with Crippen LogP contribution < -0.4 is 0 Å². The molecule has 1 heterocycles. The second-order valence-corrected chi connectivity index (χ2v) is 3.81. The third-order valence-corrected chi connectivity index (χ3v) is 2.58. The van der Waals surface area contributed by atoms with Crippen molar-refractivity contribution in [2.45, 2.75) is 18.8 Å². The molecule has 76 valence electrons. The van der Waals surface area contributed by atoms with E-state index in [2.05, 4.69) is 4.98 Å². The van der Waals surface area contributed by atoms with Gasteiger partial charge in [0.15, 0.2) is 11.5 Å². The molecule has 0 amide bonds. The van der Waals surface area contributed by atoms with Gasteiger partial charge in [0.25, 0.3) is 0 Å². The van der Waals surface area contributed by atoms with Gasteiger partial charge in [-0.15, -0.1) is 0 Å². The van der Waals surface area contributed by atoms with Crippen molar-refractivity contribution in [1.82, 2.24) is 4.98 Å². The Morgan fingerprint density at radius 2 is 2.27 bits per heavy atom. The Morgan fingerprint density at radius 3 is 2.93 bits per heavy atom. The van der Waals surface area contributed by atoms with Gasteiger partial charge in [-0.25, -0.2) is 9.78 Å². The van der Waals surface area contributed by atoms with Gasteiger partial charge in [-0.05, 0) is 31.0 Å². The molecule has 1 aliphatic carbocycles. The maximum Gasteiger partial charge on any atom is 0.335 e. The van der Waals surface area contributed by atoms with Crippen molar-refractivity contribution in [3.63, 3.8) is 0 Å². The number of aromatic nitrogens is 1. The third kappa shape index (κ3) is 1.38. The molecule has 0 aliphatic heterocycles. The monoisotopic (exact) mass is 203 g/mol. The molecule has 1 aromatic carbocycles. The fourth-order valence-corrected chi connectivity index (χ4v) is 1.58. The van der Waals surface area contributed by atoms with Crippen molar-refractivity contribution in [2.24, 2.45) is 0 Å². The zero-order valence-corrected chi connectivity index (χ0v) is 7.93. The predicted molar refractivity (Wildman–Crippen MR) is 52.9 cm³/mol. The second kappa shape index (κ2) is 2.82. The Kier molecular flexibility index (Phi) is 1.59. The quantitative estimate of drug-likeness (QED) is 0.813. The zero-order valence-electron chi connectivity index (χ0n) is 7.93. The molecule has 3 rings (SSSR count). The molecule has 0 atom stereocenters. The average Bonchev–Trinajstić information content (AvgIpc) is 2.97. The lowest BCUT2D eigenvalue weighted by Gasteiger charge is -1.91. The zero-order chi connectivity index (χ0) is 10.4. The van der Waals surface area contributed by atoms with Crippen LogP contribution in [0.25, 0.3) is 11.1 Å². The Hall–Kier alpha value is -1.84. The Labute approximate surface area is 85.5 Å². The first-order chi connectivity index (χ1) is 7.24. The second-order valence-electron chi connectivity index (χ2n) is 3.81. The summed E-state index contributed by atoms with van der Waals surface area (Å²) in [6.07, 6.45) is 2.25. The summed E-state index contributed by atoms with van der Waals surface area (Å²) >= 11 is 0. The number of aromatic carboxylic acids is 1. The normalized spacial score (nSPS) is 15.7. The Bertz CT molecular complexity index is 540. The highest BCUT2D eigenvalue weighted by Crippen LogP contribution is 2.40. The van der Waals surface area contributed by atoms with Crippen LogP contribution in [0.1, 0.15) is 35.0 Å². The van der Waals surface area contributed by atoms with Gasteiger partial charge in [0.05, 0.1) is 5.56 Å². The van der Waals surface area contributed by atoms with Crippen LogP contribution in [0.15, 0.2) is 22.6 Å². The molecule has 4 heteroatoms. The van der Waals surface area contributed by atoms with Crippen molar-refractivity contribution in [2.75, 3.05) is 0 Å². The molecule has 0 spiro atoms. The lowest BCUT2D eigenvalue weighted by atomic mass is 10.2. The SMILES string of the molecule is O=C(O)c1ccc2oc(C3CC3)nc2c1. The molecule has 0 saturated heterocycles. The molecule has 1 saturated carbocycles. The van der Waals surface area contributed by atoms with Gasteiger partial charge in [-0.1, -0.05) is 0 Å². The van der Waals surface area contributed by atoms with Gasteiger partial charge in [0, 0.05) is 5.92 Å². The van der Waals surface area contributed by atoms with Gasteiger partial charge < -0.3 is 9.52 Å². The lowest BCUT2D eigenvalue weighted by molar-refractivity contribution is 0.0697. The van der Waals surface area contributed by atoms with Crippen molar-refractivity contribution in [3.8, 4) is 0 Å². The largest absolute Gasteiger partial charge is 0.478 e. The van der Waals surface area contributed by atoms with E-state index in [4.69, 9.17) is 9.52 Å². The number of hydrogen-bond donors (Lipinski definition) is 1. The van der Waals surface area contributed by atoms with Crippen LogP contribution >= 0.6 is 0 Å². The fourth-order valence-electron chi connectivity index (χ4n) is 1.58. The topological polar surface area (TPSA) is 63.3 Å². The van der Waals surface area contributed by atoms with E-state index in [9.17, 15) is 4.79 Å². The van der Waals surface area contributed by atoms with Crippen LogP contribution in [-0.4, -0.2) is 16.1 Å². The summed E-state index contributed by atoms with van der Waals surface area (Å²) < 4.78 is 5.52. The molecule has 0 unspecified atom stereocenters. The first kappa shape index (κ1) is 8.47. The van der Waals surface area contributed by atoms with Gasteiger partial charge in [0.1, 0.15) is 5.52 Å². The van der Waals surface area contributed by atoms with Crippen LogP contribution in [-0.2, 0) is 0 Å². The standard InChI is InChI=1S/C11H9NO3/c13-11(14)7-3-4-9-8(5-7)12-10(15-9)6-1-2-6/h3-6H,1-2H2,(H,13,14). The number of fused-ring (bicyclic) bond motifs is 1. The summed E-state index contributed by atoms with van der Waals surface area (Å²) in [5, 5.41) is 8.81.